The van der Waals surface area contributed by atoms with Crippen molar-refractivity contribution in [2.45, 2.75) is 84.0 Å². The molecular formula is C36H37ClFN9O6. The first-order valence-corrected chi connectivity index (χ1v) is 17.5. The number of halogens is 2. The Morgan fingerprint density at radius 3 is 2.64 bits per heavy atom. The summed E-state index contributed by atoms with van der Waals surface area (Å²) in [6.45, 7) is 5.26. The molecular weight excluding hydrogens is 709 g/mol. The van der Waals surface area contributed by atoms with Crippen LogP contribution in [0.25, 0.3) is 33.2 Å². The molecule has 2 aromatic carbocycles. The van der Waals surface area contributed by atoms with E-state index in [4.69, 9.17) is 36.3 Å². The van der Waals surface area contributed by atoms with Gasteiger partial charge in [-0.15, -0.1) is 4.68 Å². The summed E-state index contributed by atoms with van der Waals surface area (Å²) in [7, 11) is 1.60. The summed E-state index contributed by atoms with van der Waals surface area (Å²) < 4.78 is 43.3. The predicted molar refractivity (Wildman–Crippen MR) is 190 cm³/mol. The Morgan fingerprint density at radius 1 is 1.17 bits per heavy atom. The zero-order chi connectivity index (χ0) is 37.6. The van der Waals surface area contributed by atoms with E-state index in [0.717, 1.165) is 32.1 Å². The summed E-state index contributed by atoms with van der Waals surface area (Å²) in [6.07, 6.45) is 6.09. The zero-order valence-corrected chi connectivity index (χ0v) is 30.3. The molecule has 4 heterocycles. The minimum Gasteiger partial charge on any atom is -0.489 e. The zero-order valence-electron chi connectivity index (χ0n) is 29.6. The number of benzene rings is 2. The van der Waals surface area contributed by atoms with Gasteiger partial charge in [0, 0.05) is 37.2 Å². The molecule has 0 bridgehead atoms. The molecule has 1 aliphatic carbocycles. The number of aromatic nitrogens is 7. The van der Waals surface area contributed by atoms with Gasteiger partial charge in [-0.2, -0.15) is 20.6 Å². The Balaban J connectivity index is 1.39. The van der Waals surface area contributed by atoms with Gasteiger partial charge in [0.25, 0.3) is 5.56 Å². The molecule has 2 N–H and O–H groups in total. The molecule has 1 saturated carbocycles. The van der Waals surface area contributed by atoms with Crippen LogP contribution < -0.4 is 20.8 Å². The number of nitriles is 1. The largest absolute Gasteiger partial charge is 0.489 e. The summed E-state index contributed by atoms with van der Waals surface area (Å²) in [5.41, 5.74) is 5.43. The van der Waals surface area contributed by atoms with E-state index in [2.05, 4.69) is 26.3 Å². The Morgan fingerprint density at radius 2 is 1.96 bits per heavy atom. The van der Waals surface area contributed by atoms with Crippen LogP contribution in [-0.2, 0) is 29.7 Å². The highest BCUT2D eigenvalue weighted by atomic mass is 35.5. The molecule has 2 fully saturated rings. The molecule has 0 spiro atoms. The lowest BCUT2D eigenvalue weighted by Gasteiger charge is -2.22. The van der Waals surface area contributed by atoms with E-state index in [1.165, 1.54) is 16.9 Å². The van der Waals surface area contributed by atoms with Gasteiger partial charge in [0.05, 0.1) is 39.7 Å². The second kappa shape index (κ2) is 14.2. The standard InChI is InChI=1S/C36H37ClFN9O6/c1-36(2,3)53-35(49)47-34(48)30-21(25(15-40)43-47)11-19(12-27(30)51-17-28-41-18-46(44-28)29-7-5-6-10-50-29)23-16-42-45(4)33(23)31-22(14-39)26(52-20-8-9-20)13-24(37)32(31)38/h11-13,16,18,20,29H,5-10,15,17,40H2,1-4H3. The number of ether oxygens (including phenoxy) is 4. The van der Waals surface area contributed by atoms with Crippen molar-refractivity contribution >= 4 is 28.5 Å². The van der Waals surface area contributed by atoms with E-state index in [1.54, 1.807) is 51.0 Å². The van der Waals surface area contributed by atoms with E-state index in [0.29, 0.717) is 28.2 Å². The Kier molecular flexibility index (Phi) is 9.66. The fourth-order valence-corrected chi connectivity index (χ4v) is 6.36. The monoisotopic (exact) mass is 745 g/mol. The van der Waals surface area contributed by atoms with Gasteiger partial charge < -0.3 is 24.7 Å². The molecule has 15 nitrogen and oxygen atoms in total. The maximum atomic E-state index is 16.1. The molecule has 7 rings (SSSR count). The van der Waals surface area contributed by atoms with Crippen molar-refractivity contribution in [1.82, 2.24) is 34.3 Å². The lowest BCUT2D eigenvalue weighted by Crippen LogP contribution is -2.36. The SMILES string of the molecule is Cn1ncc(-c2cc(OCc3ncn(C4CCCCO4)n3)c3c(=O)n(C(=O)OC(C)(C)C)nc(CN)c3c2)c1-c1c(F)c(Cl)cc(OC2CC2)c1C#N. The van der Waals surface area contributed by atoms with Crippen LogP contribution in [0.4, 0.5) is 9.18 Å². The fraction of sp³-hybridized carbons (Fsp3) is 0.417. The van der Waals surface area contributed by atoms with Crippen molar-refractivity contribution in [2.24, 2.45) is 12.8 Å². The summed E-state index contributed by atoms with van der Waals surface area (Å²) in [5.74, 6) is -0.333. The average Bonchev–Trinajstić information content (AvgIpc) is 3.67. The normalized spacial score (nSPS) is 16.1. The number of nitrogens with zero attached hydrogens (tertiary/aromatic N) is 8. The molecule has 0 amide bonds. The molecule has 1 aliphatic heterocycles. The smallest absolute Gasteiger partial charge is 0.438 e. The maximum absolute atomic E-state index is 16.1. The van der Waals surface area contributed by atoms with Crippen molar-refractivity contribution in [2.75, 3.05) is 6.61 Å². The van der Waals surface area contributed by atoms with Gasteiger partial charge in [0.2, 0.25) is 0 Å². The van der Waals surface area contributed by atoms with Crippen LogP contribution in [0.15, 0.2) is 35.5 Å². The molecule has 276 valence electrons. The highest BCUT2D eigenvalue weighted by Crippen LogP contribution is 2.44. The first-order valence-electron chi connectivity index (χ1n) is 17.2. The quantitative estimate of drug-likeness (QED) is 0.192. The van der Waals surface area contributed by atoms with Crippen LogP contribution in [0.3, 0.4) is 0 Å². The highest BCUT2D eigenvalue weighted by molar-refractivity contribution is 6.31. The molecule has 53 heavy (non-hydrogen) atoms. The third-order valence-corrected chi connectivity index (χ3v) is 9.04. The molecule has 3 aromatic heterocycles. The number of carbonyl (C=O) groups is 1. The van der Waals surface area contributed by atoms with Crippen LogP contribution in [0.1, 0.15) is 76.2 Å². The van der Waals surface area contributed by atoms with Crippen molar-refractivity contribution in [3.8, 4) is 40.0 Å². The number of carbonyl (C=O) groups excluding carboxylic acids is 1. The van der Waals surface area contributed by atoms with Crippen LogP contribution >= 0.6 is 11.6 Å². The molecule has 2 aliphatic rings. The Hall–Kier alpha value is -5.37. The fourth-order valence-electron chi connectivity index (χ4n) is 6.17. The molecule has 1 unspecified atom stereocenters. The van der Waals surface area contributed by atoms with E-state index in [-0.39, 0.29) is 75.3 Å². The van der Waals surface area contributed by atoms with Gasteiger partial charge in [-0.25, -0.2) is 18.9 Å². The maximum Gasteiger partial charge on any atom is 0.438 e. The average molecular weight is 746 g/mol. The van der Waals surface area contributed by atoms with Gasteiger partial charge in [0.15, 0.2) is 17.9 Å². The lowest BCUT2D eigenvalue weighted by atomic mass is 9.95. The minimum atomic E-state index is -0.999. The molecule has 17 heteroatoms. The van der Waals surface area contributed by atoms with Gasteiger partial charge in [-0.05, 0) is 70.6 Å². The molecule has 1 atom stereocenters. The summed E-state index contributed by atoms with van der Waals surface area (Å²) in [5, 5.41) is 23.5. The van der Waals surface area contributed by atoms with Gasteiger partial charge in [0.1, 0.15) is 41.7 Å². The minimum absolute atomic E-state index is 0.0117. The number of hydrogen-bond donors (Lipinski definition) is 1. The van der Waals surface area contributed by atoms with Crippen LogP contribution in [0.5, 0.6) is 11.5 Å². The number of nitrogens with two attached hydrogens (primary N) is 1. The first-order chi connectivity index (χ1) is 25.4. The molecule has 1 saturated heterocycles. The van der Waals surface area contributed by atoms with Gasteiger partial charge in [-0.1, -0.05) is 11.6 Å². The van der Waals surface area contributed by atoms with Crippen LogP contribution in [0.2, 0.25) is 5.02 Å². The second-order valence-electron chi connectivity index (χ2n) is 13.9. The number of fused-ring (bicyclic) bond motifs is 1. The van der Waals surface area contributed by atoms with E-state index < -0.39 is 23.1 Å². The van der Waals surface area contributed by atoms with Crippen molar-refractivity contribution in [3.05, 3.63) is 69.0 Å². The van der Waals surface area contributed by atoms with E-state index in [1.807, 2.05) is 0 Å². The number of hydrogen-bond acceptors (Lipinski definition) is 12. The van der Waals surface area contributed by atoms with E-state index >= 15 is 4.39 Å². The predicted octanol–water partition coefficient (Wildman–Crippen LogP) is 5.78. The summed E-state index contributed by atoms with van der Waals surface area (Å²) in [6, 6.07) is 6.58. The number of aryl methyl sites for hydroxylation is 1. The third kappa shape index (κ3) is 7.19. The second-order valence-corrected chi connectivity index (χ2v) is 14.3. The van der Waals surface area contributed by atoms with Crippen molar-refractivity contribution in [3.63, 3.8) is 0 Å². The molecule has 5 aromatic rings. The topological polar surface area (TPSA) is 187 Å². The van der Waals surface area contributed by atoms with Gasteiger partial charge in [-0.3, -0.25) is 9.48 Å². The Labute approximate surface area is 308 Å². The van der Waals surface area contributed by atoms with Crippen LogP contribution in [0, 0.1) is 17.1 Å². The Bertz CT molecular complexity index is 2330. The van der Waals surface area contributed by atoms with E-state index in [9.17, 15) is 14.9 Å². The summed E-state index contributed by atoms with van der Waals surface area (Å²) >= 11 is 6.38. The lowest BCUT2D eigenvalue weighted by molar-refractivity contribution is -0.0399. The van der Waals surface area contributed by atoms with Gasteiger partial charge >= 0.3 is 6.09 Å². The first kappa shape index (κ1) is 36.0. The molecule has 0 radical (unpaired) electrons. The van der Waals surface area contributed by atoms with Crippen LogP contribution in [-0.4, -0.2) is 58.7 Å². The summed E-state index contributed by atoms with van der Waals surface area (Å²) in [4.78, 5) is 31.7. The van der Waals surface area contributed by atoms with Crippen molar-refractivity contribution in [1.29, 1.82) is 5.26 Å². The highest BCUT2D eigenvalue weighted by Gasteiger charge is 2.31. The number of rotatable bonds is 9. The van der Waals surface area contributed by atoms with Crippen molar-refractivity contribution < 1.29 is 28.1 Å². The third-order valence-electron chi connectivity index (χ3n) is 8.76.